The average Bonchev–Trinajstić information content (AvgIpc) is 2.64. The number of anilines is 1. The molecule has 0 saturated carbocycles. The summed E-state index contributed by atoms with van der Waals surface area (Å²) in [5, 5.41) is 10.8. The van der Waals surface area contributed by atoms with Crippen LogP contribution in [0.25, 0.3) is 0 Å². The predicted octanol–water partition coefficient (Wildman–Crippen LogP) is 1.27. The van der Waals surface area contributed by atoms with Crippen LogP contribution >= 0.6 is 0 Å². The van der Waals surface area contributed by atoms with E-state index in [4.69, 9.17) is 5.73 Å². The summed E-state index contributed by atoms with van der Waals surface area (Å²) in [6.07, 6.45) is 0.771. The SMILES string of the molecule is NC1CCN(c2cc(F)ccc2[N+](=O)[O-])C1. The first-order valence-electron chi connectivity index (χ1n) is 5.02. The van der Waals surface area contributed by atoms with Crippen LogP contribution < -0.4 is 10.6 Å². The van der Waals surface area contributed by atoms with Gasteiger partial charge in [-0.05, 0) is 12.5 Å². The van der Waals surface area contributed by atoms with Crippen LogP contribution in [0.4, 0.5) is 15.8 Å². The molecular formula is C10H12FN3O2. The molecule has 1 unspecified atom stereocenters. The maximum atomic E-state index is 13.1. The highest BCUT2D eigenvalue weighted by Crippen LogP contribution is 2.30. The Bertz CT molecular complexity index is 425. The fourth-order valence-corrected chi connectivity index (χ4v) is 1.91. The molecular weight excluding hydrogens is 213 g/mol. The van der Waals surface area contributed by atoms with E-state index in [-0.39, 0.29) is 11.7 Å². The molecule has 1 saturated heterocycles. The van der Waals surface area contributed by atoms with Crippen molar-refractivity contribution >= 4 is 11.4 Å². The van der Waals surface area contributed by atoms with Crippen LogP contribution in [0.1, 0.15) is 6.42 Å². The van der Waals surface area contributed by atoms with E-state index in [1.807, 2.05) is 0 Å². The Morgan fingerprint density at radius 1 is 1.56 bits per heavy atom. The van der Waals surface area contributed by atoms with Gasteiger partial charge in [-0.25, -0.2) is 4.39 Å². The lowest BCUT2D eigenvalue weighted by molar-refractivity contribution is -0.384. The fraction of sp³-hybridized carbons (Fsp3) is 0.400. The maximum absolute atomic E-state index is 13.1. The smallest absolute Gasteiger partial charge is 0.292 e. The van der Waals surface area contributed by atoms with Gasteiger partial charge in [-0.2, -0.15) is 0 Å². The number of nitro benzene ring substituents is 1. The van der Waals surface area contributed by atoms with E-state index in [0.717, 1.165) is 12.5 Å². The molecule has 1 aromatic carbocycles. The molecule has 0 radical (unpaired) electrons. The minimum Gasteiger partial charge on any atom is -0.364 e. The third kappa shape index (κ3) is 1.96. The maximum Gasteiger partial charge on any atom is 0.292 e. The molecule has 0 spiro atoms. The Balaban J connectivity index is 2.37. The van der Waals surface area contributed by atoms with Crippen molar-refractivity contribution in [2.75, 3.05) is 18.0 Å². The van der Waals surface area contributed by atoms with Gasteiger partial charge in [0.1, 0.15) is 11.5 Å². The minimum absolute atomic E-state index is 0.00266. The normalized spacial score (nSPS) is 20.1. The van der Waals surface area contributed by atoms with Crippen molar-refractivity contribution in [1.29, 1.82) is 0 Å². The molecule has 1 aromatic rings. The van der Waals surface area contributed by atoms with Crippen molar-refractivity contribution in [2.45, 2.75) is 12.5 Å². The third-order valence-electron chi connectivity index (χ3n) is 2.70. The first kappa shape index (κ1) is 10.8. The highest BCUT2D eigenvalue weighted by Gasteiger charge is 2.25. The first-order chi connectivity index (χ1) is 7.58. The van der Waals surface area contributed by atoms with Gasteiger partial charge in [-0.15, -0.1) is 0 Å². The lowest BCUT2D eigenvalue weighted by Crippen LogP contribution is -2.26. The van der Waals surface area contributed by atoms with Crippen molar-refractivity contribution in [1.82, 2.24) is 0 Å². The number of nitrogens with zero attached hydrogens (tertiary/aromatic N) is 2. The molecule has 0 bridgehead atoms. The highest BCUT2D eigenvalue weighted by atomic mass is 19.1. The molecule has 2 rings (SSSR count). The molecule has 1 heterocycles. The van der Waals surface area contributed by atoms with Crippen LogP contribution in [0.15, 0.2) is 18.2 Å². The Hall–Kier alpha value is -1.69. The summed E-state index contributed by atoms with van der Waals surface area (Å²) in [4.78, 5) is 12.1. The summed E-state index contributed by atoms with van der Waals surface area (Å²) in [6.45, 7) is 1.16. The quantitative estimate of drug-likeness (QED) is 0.607. The molecule has 0 amide bonds. The van der Waals surface area contributed by atoms with Crippen LogP contribution in [0.2, 0.25) is 0 Å². The summed E-state index contributed by atoms with van der Waals surface area (Å²) in [6, 6.07) is 3.48. The fourth-order valence-electron chi connectivity index (χ4n) is 1.91. The summed E-state index contributed by atoms with van der Waals surface area (Å²) >= 11 is 0. The standard InChI is InChI=1S/C10H12FN3O2/c11-7-1-2-9(14(15)16)10(5-7)13-4-3-8(12)6-13/h1-2,5,8H,3-4,6,12H2. The molecule has 16 heavy (non-hydrogen) atoms. The predicted molar refractivity (Wildman–Crippen MR) is 57.9 cm³/mol. The average molecular weight is 225 g/mol. The lowest BCUT2D eigenvalue weighted by atomic mass is 10.2. The van der Waals surface area contributed by atoms with Crippen LogP contribution in [0.3, 0.4) is 0 Å². The van der Waals surface area contributed by atoms with Crippen molar-refractivity contribution in [3.05, 3.63) is 34.1 Å². The van der Waals surface area contributed by atoms with Gasteiger partial charge in [0.25, 0.3) is 5.69 Å². The summed E-state index contributed by atoms with van der Waals surface area (Å²) in [5.74, 6) is -0.471. The molecule has 86 valence electrons. The first-order valence-corrected chi connectivity index (χ1v) is 5.02. The molecule has 1 aliphatic heterocycles. The summed E-state index contributed by atoms with van der Waals surface area (Å²) in [5.41, 5.74) is 5.97. The van der Waals surface area contributed by atoms with E-state index in [0.29, 0.717) is 18.8 Å². The molecule has 6 heteroatoms. The molecule has 1 fully saturated rings. The van der Waals surface area contributed by atoms with Crippen molar-refractivity contribution in [3.63, 3.8) is 0 Å². The Kier molecular flexibility index (Phi) is 2.74. The van der Waals surface area contributed by atoms with E-state index in [9.17, 15) is 14.5 Å². The number of nitrogens with two attached hydrogens (primary N) is 1. The Labute approximate surface area is 91.8 Å². The van der Waals surface area contributed by atoms with E-state index in [1.165, 1.54) is 12.1 Å². The van der Waals surface area contributed by atoms with E-state index < -0.39 is 10.7 Å². The van der Waals surface area contributed by atoms with Gasteiger partial charge in [-0.1, -0.05) is 0 Å². The van der Waals surface area contributed by atoms with Crippen molar-refractivity contribution in [3.8, 4) is 0 Å². The van der Waals surface area contributed by atoms with Gasteiger partial charge in [0.15, 0.2) is 0 Å². The van der Waals surface area contributed by atoms with E-state index in [2.05, 4.69) is 0 Å². The zero-order valence-corrected chi connectivity index (χ0v) is 8.60. The molecule has 5 nitrogen and oxygen atoms in total. The lowest BCUT2D eigenvalue weighted by Gasteiger charge is -2.17. The van der Waals surface area contributed by atoms with Gasteiger partial charge < -0.3 is 10.6 Å². The van der Waals surface area contributed by atoms with E-state index >= 15 is 0 Å². The summed E-state index contributed by atoms with van der Waals surface area (Å²) in [7, 11) is 0. The Morgan fingerprint density at radius 2 is 2.31 bits per heavy atom. The van der Waals surface area contributed by atoms with Crippen LogP contribution in [0.5, 0.6) is 0 Å². The van der Waals surface area contributed by atoms with Crippen molar-refractivity contribution in [2.24, 2.45) is 5.73 Å². The van der Waals surface area contributed by atoms with Gasteiger partial charge in [0, 0.05) is 31.3 Å². The van der Waals surface area contributed by atoms with Crippen LogP contribution in [-0.2, 0) is 0 Å². The largest absolute Gasteiger partial charge is 0.364 e. The third-order valence-corrected chi connectivity index (χ3v) is 2.70. The van der Waals surface area contributed by atoms with Crippen molar-refractivity contribution < 1.29 is 9.31 Å². The number of hydrogen-bond acceptors (Lipinski definition) is 4. The second-order valence-corrected chi connectivity index (χ2v) is 3.88. The van der Waals surface area contributed by atoms with Gasteiger partial charge >= 0.3 is 0 Å². The second kappa shape index (κ2) is 4.05. The molecule has 2 N–H and O–H groups in total. The molecule has 1 aliphatic rings. The zero-order valence-electron chi connectivity index (χ0n) is 8.60. The molecule has 0 aliphatic carbocycles. The van der Waals surface area contributed by atoms with Crippen LogP contribution in [0, 0.1) is 15.9 Å². The number of hydrogen-bond donors (Lipinski definition) is 1. The minimum atomic E-state index is -0.501. The van der Waals surface area contributed by atoms with Crippen LogP contribution in [-0.4, -0.2) is 24.1 Å². The van der Waals surface area contributed by atoms with Gasteiger partial charge in [0.2, 0.25) is 0 Å². The number of benzene rings is 1. The number of rotatable bonds is 2. The zero-order chi connectivity index (χ0) is 11.7. The molecule has 0 aromatic heterocycles. The monoisotopic (exact) mass is 225 g/mol. The highest BCUT2D eigenvalue weighted by molar-refractivity contribution is 5.63. The second-order valence-electron chi connectivity index (χ2n) is 3.88. The Morgan fingerprint density at radius 3 is 2.88 bits per heavy atom. The van der Waals surface area contributed by atoms with Gasteiger partial charge in [-0.3, -0.25) is 10.1 Å². The van der Waals surface area contributed by atoms with E-state index in [1.54, 1.807) is 4.90 Å². The van der Waals surface area contributed by atoms with Gasteiger partial charge in [0.05, 0.1) is 4.92 Å². The summed E-state index contributed by atoms with van der Waals surface area (Å²) < 4.78 is 13.1. The number of nitro groups is 1. The topological polar surface area (TPSA) is 72.4 Å². The molecule has 1 atom stereocenters. The number of halogens is 1.